The number of hydrogen-bond acceptors (Lipinski definition) is 2. The van der Waals surface area contributed by atoms with E-state index in [0.717, 1.165) is 30.3 Å². The van der Waals surface area contributed by atoms with Crippen LogP contribution in [0.15, 0.2) is 60.7 Å². The molecule has 0 bridgehead atoms. The SMILES string of the molecule is Oc1ccccc1C/C=C\C(F)(F)C(F)(F)C(F)(F)C(F)(F)C(F)(F)C(F)(F)C(F)(F)C(F)(F)F.Oc1ccccc1CCCC(F)(F)C(F)(F)C(F)(F)C(F)(F)C(F)(F)C(F)(F)C(F)(F)C(F)(F)F. The Morgan fingerprint density at radius 1 is 0.329 bits per heavy atom. The third kappa shape index (κ3) is 9.96. The second-order valence-corrected chi connectivity index (χ2v) is 13.9. The van der Waals surface area contributed by atoms with Crippen molar-refractivity contribution in [3.8, 4) is 11.5 Å². The zero-order valence-corrected chi connectivity index (χ0v) is 32.3. The van der Waals surface area contributed by atoms with Crippen LogP contribution in [-0.2, 0) is 12.8 Å². The third-order valence-corrected chi connectivity index (χ3v) is 9.12. The Morgan fingerprint density at radius 2 is 0.600 bits per heavy atom. The zero-order valence-electron chi connectivity index (χ0n) is 32.3. The second kappa shape index (κ2) is 18.8. The number of hydrogen-bond donors (Lipinski definition) is 2. The molecule has 2 aromatic rings. The van der Waals surface area contributed by atoms with E-state index >= 15 is 0 Å². The van der Waals surface area contributed by atoms with Crippen molar-refractivity contribution in [2.24, 2.45) is 0 Å². The van der Waals surface area contributed by atoms with Crippen molar-refractivity contribution in [1.29, 1.82) is 0 Å². The van der Waals surface area contributed by atoms with Gasteiger partial charge in [-0.05, 0) is 48.6 Å². The molecular formula is C34H20F34O2. The van der Waals surface area contributed by atoms with Crippen molar-refractivity contribution in [3.63, 3.8) is 0 Å². The number of rotatable bonds is 19. The minimum Gasteiger partial charge on any atom is -0.508 e. The summed E-state index contributed by atoms with van der Waals surface area (Å²) in [5.74, 6) is -114. The molecule has 0 spiro atoms. The lowest BCUT2D eigenvalue weighted by molar-refractivity contribution is -0.461. The zero-order chi connectivity index (χ0) is 56.2. The van der Waals surface area contributed by atoms with Crippen molar-refractivity contribution in [3.05, 3.63) is 71.8 Å². The average molecular weight is 1110 g/mol. The molecule has 406 valence electrons. The Morgan fingerprint density at radius 3 is 0.914 bits per heavy atom. The van der Waals surface area contributed by atoms with E-state index in [4.69, 9.17) is 0 Å². The van der Waals surface area contributed by atoms with Gasteiger partial charge in [0.25, 0.3) is 0 Å². The van der Waals surface area contributed by atoms with E-state index in [2.05, 4.69) is 0 Å². The molecule has 0 unspecified atom stereocenters. The smallest absolute Gasteiger partial charge is 0.460 e. The molecule has 0 aliphatic rings. The highest BCUT2D eigenvalue weighted by Gasteiger charge is 2.96. The summed E-state index contributed by atoms with van der Waals surface area (Å²) in [4.78, 5) is 0. The van der Waals surface area contributed by atoms with E-state index in [0.29, 0.717) is 0 Å². The highest BCUT2D eigenvalue weighted by atomic mass is 19.4. The monoisotopic (exact) mass is 1110 g/mol. The van der Waals surface area contributed by atoms with Crippen LogP contribution in [0.1, 0.15) is 24.0 Å². The van der Waals surface area contributed by atoms with E-state index in [9.17, 15) is 159 Å². The van der Waals surface area contributed by atoms with Crippen molar-refractivity contribution in [1.82, 2.24) is 0 Å². The fourth-order valence-corrected chi connectivity index (χ4v) is 4.87. The molecule has 0 aliphatic carbocycles. The molecule has 0 saturated heterocycles. The van der Waals surface area contributed by atoms with Crippen LogP contribution in [0.5, 0.6) is 11.5 Å². The standard InChI is InChI=1S/C17H11F17O.C17H9F17O/c2*18-10(19,7-3-5-8-4-1-2-6-9(8)35)11(20,21)12(22,23)13(24,25)14(26,27)15(28,29)16(30,31)17(32,33)34/h1-2,4,6,35H,3,5,7H2;1-4,6-7,35H,5H2/b;7-3-. The summed E-state index contributed by atoms with van der Waals surface area (Å²) in [5.41, 5.74) is -0.607. The first-order chi connectivity index (χ1) is 30.5. The van der Waals surface area contributed by atoms with Crippen molar-refractivity contribution < 1.29 is 159 Å². The van der Waals surface area contributed by atoms with Crippen LogP contribution in [0.4, 0.5) is 149 Å². The predicted octanol–water partition coefficient (Wildman–Crippen LogP) is 15.2. The third-order valence-electron chi connectivity index (χ3n) is 9.12. The lowest BCUT2D eigenvalue weighted by atomic mass is 9.87. The number of halogens is 34. The molecule has 0 aromatic heterocycles. The minimum atomic E-state index is -8.65. The number of para-hydroxylation sites is 2. The van der Waals surface area contributed by atoms with Crippen molar-refractivity contribution in [2.45, 2.75) is 121 Å². The molecule has 36 heteroatoms. The second-order valence-electron chi connectivity index (χ2n) is 13.9. The Kier molecular flexibility index (Phi) is 17.0. The maximum atomic E-state index is 13.8. The molecular weight excluding hydrogens is 1090 g/mol. The molecule has 0 saturated carbocycles. The van der Waals surface area contributed by atoms with Crippen LogP contribution in [0.3, 0.4) is 0 Å². The first kappa shape index (κ1) is 63.4. The minimum absolute atomic E-state index is 0.165. The number of phenols is 2. The van der Waals surface area contributed by atoms with E-state index < -0.39 is 139 Å². The van der Waals surface area contributed by atoms with Crippen LogP contribution < -0.4 is 0 Å². The van der Waals surface area contributed by atoms with Gasteiger partial charge in [-0.3, -0.25) is 0 Å². The number of allylic oxidation sites excluding steroid dienone is 2. The van der Waals surface area contributed by atoms with Gasteiger partial charge in [-0.15, -0.1) is 0 Å². The quantitative estimate of drug-likeness (QED) is 0.109. The first-order valence-corrected chi connectivity index (χ1v) is 17.1. The molecule has 0 heterocycles. The fourth-order valence-electron chi connectivity index (χ4n) is 4.87. The summed E-state index contributed by atoms with van der Waals surface area (Å²) in [7, 11) is 0. The summed E-state index contributed by atoms with van der Waals surface area (Å²) in [6, 6.07) is 8.53. The van der Waals surface area contributed by atoms with Gasteiger partial charge in [0.15, 0.2) is 0 Å². The van der Waals surface area contributed by atoms with Crippen molar-refractivity contribution >= 4 is 0 Å². The van der Waals surface area contributed by atoms with Gasteiger partial charge in [0.2, 0.25) is 0 Å². The molecule has 0 amide bonds. The van der Waals surface area contributed by atoms with E-state index in [-0.39, 0.29) is 17.2 Å². The van der Waals surface area contributed by atoms with Crippen LogP contribution in [0.25, 0.3) is 0 Å². The summed E-state index contributed by atoms with van der Waals surface area (Å²) < 4.78 is 447. The normalized spacial score (nSPS) is 15.6. The molecule has 70 heavy (non-hydrogen) atoms. The maximum absolute atomic E-state index is 13.8. The van der Waals surface area contributed by atoms with Gasteiger partial charge in [0.05, 0.1) is 0 Å². The Labute approximate surface area is 364 Å². The maximum Gasteiger partial charge on any atom is 0.460 e. The first-order valence-electron chi connectivity index (χ1n) is 17.1. The van der Waals surface area contributed by atoms with Gasteiger partial charge >= 0.3 is 95.3 Å². The van der Waals surface area contributed by atoms with Crippen molar-refractivity contribution in [2.75, 3.05) is 0 Å². The summed E-state index contributed by atoms with van der Waals surface area (Å²) >= 11 is 0. The number of aryl methyl sites for hydroxylation is 1. The molecule has 2 nitrogen and oxygen atoms in total. The van der Waals surface area contributed by atoms with Crippen LogP contribution in [0, 0.1) is 0 Å². The van der Waals surface area contributed by atoms with Gasteiger partial charge in [-0.2, -0.15) is 149 Å². The van der Waals surface area contributed by atoms with Gasteiger partial charge in [0, 0.05) is 6.42 Å². The van der Waals surface area contributed by atoms with Gasteiger partial charge in [-0.25, -0.2) is 0 Å². The molecule has 2 aromatic carbocycles. The largest absolute Gasteiger partial charge is 0.508 e. The number of phenolic OH excluding ortho intramolecular Hbond substituents is 2. The van der Waals surface area contributed by atoms with Gasteiger partial charge < -0.3 is 10.2 Å². The topological polar surface area (TPSA) is 40.5 Å². The van der Waals surface area contributed by atoms with Crippen LogP contribution in [-0.4, -0.2) is 105 Å². The van der Waals surface area contributed by atoms with Crippen LogP contribution >= 0.6 is 0 Å². The summed E-state index contributed by atoms with van der Waals surface area (Å²) in [6.45, 7) is 0. The average Bonchev–Trinajstić information content (AvgIpc) is 3.17. The van der Waals surface area contributed by atoms with Gasteiger partial charge in [0.1, 0.15) is 11.5 Å². The molecule has 0 radical (unpaired) electrons. The Hall–Kier alpha value is -4.60. The summed E-state index contributed by atoms with van der Waals surface area (Å²) in [6.07, 6.45) is -22.7. The lowest BCUT2D eigenvalue weighted by Crippen LogP contribution is -2.74. The summed E-state index contributed by atoms with van der Waals surface area (Å²) in [5, 5.41) is 18.7. The molecule has 2 rings (SSSR count). The molecule has 0 fully saturated rings. The fraction of sp³-hybridized carbons (Fsp3) is 0.588. The lowest BCUT2D eigenvalue weighted by Gasteiger charge is -2.42. The predicted molar refractivity (Wildman–Crippen MR) is 163 cm³/mol. The highest BCUT2D eigenvalue weighted by Crippen LogP contribution is 2.66. The van der Waals surface area contributed by atoms with Gasteiger partial charge in [-0.1, -0.05) is 42.5 Å². The molecule has 2 N–H and O–H groups in total. The highest BCUT2D eigenvalue weighted by molar-refractivity contribution is 5.34. The number of alkyl halides is 34. The number of benzene rings is 2. The van der Waals surface area contributed by atoms with E-state index in [1.165, 1.54) is 18.2 Å². The van der Waals surface area contributed by atoms with E-state index in [1.807, 2.05) is 0 Å². The molecule has 0 aliphatic heterocycles. The van der Waals surface area contributed by atoms with Crippen LogP contribution in [0.2, 0.25) is 0 Å². The Bertz CT molecular complexity index is 2110. The Balaban J connectivity index is 0.000000700. The molecule has 0 atom stereocenters. The number of aromatic hydroxyl groups is 2. The van der Waals surface area contributed by atoms with E-state index in [1.54, 1.807) is 0 Å².